The molecule has 80 heavy (non-hydrogen) atoms. The van der Waals surface area contributed by atoms with Crippen molar-refractivity contribution in [3.8, 4) is 0 Å². The molecule has 0 aliphatic carbocycles. The van der Waals surface area contributed by atoms with E-state index in [1.165, 1.54) is 25.2 Å². The maximum absolute atomic E-state index is 13.6. The number of hydrogen-bond acceptors (Lipinski definition) is 17. The summed E-state index contributed by atoms with van der Waals surface area (Å²) >= 11 is 7.29. The number of carbonyl (C=O) groups excluding carboxylic acids is 9. The maximum Gasteiger partial charge on any atom is 0.411 e. The molecule has 4 heterocycles. The first-order valence-electron chi connectivity index (χ1n) is 27.0. The van der Waals surface area contributed by atoms with Gasteiger partial charge >= 0.3 is 6.09 Å². The Morgan fingerprint density at radius 2 is 1.07 bits per heavy atom. The molecular formula is C55H81ClN8O12S4. The van der Waals surface area contributed by atoms with E-state index in [2.05, 4.69) is 37.2 Å². The highest BCUT2D eigenvalue weighted by molar-refractivity contribution is 8.19. The Hall–Kier alpha value is -4.56. The van der Waals surface area contributed by atoms with Crippen LogP contribution in [-0.2, 0) is 43.1 Å². The second-order valence-electron chi connectivity index (χ2n) is 21.1. The van der Waals surface area contributed by atoms with Crippen molar-refractivity contribution in [3.63, 3.8) is 0 Å². The first-order valence-corrected chi connectivity index (χ1v) is 30.9. The third-order valence-corrected chi connectivity index (χ3v) is 20.1. The first-order chi connectivity index (χ1) is 37.5. The van der Waals surface area contributed by atoms with Gasteiger partial charge in [-0.3, -0.25) is 43.3 Å². The van der Waals surface area contributed by atoms with Crippen molar-refractivity contribution in [2.45, 2.75) is 162 Å². The average molecular weight is 1210 g/mol. The summed E-state index contributed by atoms with van der Waals surface area (Å²) in [7, 11) is 0. The topological polar surface area (TPSA) is 291 Å². The lowest BCUT2D eigenvalue weighted by atomic mass is 10.0. The van der Waals surface area contributed by atoms with E-state index < -0.39 is 96.7 Å². The van der Waals surface area contributed by atoms with Crippen LogP contribution in [-0.4, -0.2) is 168 Å². The fourth-order valence-corrected chi connectivity index (χ4v) is 16.1. The number of nitrogens with zero attached hydrogens (tertiary/aromatic N) is 1. The fraction of sp³-hybridized carbons (Fsp3) is 0.618. The molecule has 4 unspecified atom stereocenters. The maximum atomic E-state index is 13.6. The van der Waals surface area contributed by atoms with Gasteiger partial charge < -0.3 is 52.2 Å². The van der Waals surface area contributed by atoms with E-state index in [1.807, 2.05) is 43.4 Å². The van der Waals surface area contributed by atoms with Gasteiger partial charge in [-0.2, -0.15) is 0 Å². The molecule has 8 atom stereocenters. The van der Waals surface area contributed by atoms with E-state index in [4.69, 9.17) is 4.74 Å². The minimum absolute atomic E-state index is 0. The molecule has 0 aromatic heterocycles. The number of aliphatic hydroxyl groups excluding tert-OH is 2. The number of amides is 7. The number of Topliss-reactive ketones (excluding diaryl/α,β-unsaturated/α-hetero) is 2. The van der Waals surface area contributed by atoms with Crippen LogP contribution in [0.25, 0.3) is 0 Å². The predicted molar refractivity (Wildman–Crippen MR) is 317 cm³/mol. The lowest BCUT2D eigenvalue weighted by Gasteiger charge is -2.32. The number of benzene rings is 2. The number of aliphatic hydroxyl groups is 2. The molecule has 7 amide bonds. The van der Waals surface area contributed by atoms with Crippen molar-refractivity contribution in [2.75, 3.05) is 49.2 Å². The van der Waals surface area contributed by atoms with Crippen LogP contribution in [0.1, 0.15) is 123 Å². The quantitative estimate of drug-likeness (QED) is 0.0794. The second-order valence-corrected chi connectivity index (χ2v) is 27.5. The van der Waals surface area contributed by atoms with Gasteiger partial charge in [0.1, 0.15) is 23.7 Å². The first kappa shape index (κ1) is 67.9. The number of thioether (sulfide) groups is 4. The van der Waals surface area contributed by atoms with Gasteiger partial charge in [0.25, 0.3) is 11.8 Å². The zero-order chi connectivity index (χ0) is 57.9. The zero-order valence-corrected chi connectivity index (χ0v) is 50.8. The van der Waals surface area contributed by atoms with E-state index in [0.29, 0.717) is 56.2 Å². The summed E-state index contributed by atoms with van der Waals surface area (Å²) in [6.45, 7) is 12.0. The molecule has 0 saturated carbocycles. The molecule has 444 valence electrons. The van der Waals surface area contributed by atoms with Gasteiger partial charge in [-0.25, -0.2) is 4.79 Å². The molecule has 0 radical (unpaired) electrons. The van der Waals surface area contributed by atoms with Gasteiger partial charge in [-0.1, -0.05) is 87.4 Å². The van der Waals surface area contributed by atoms with Crippen molar-refractivity contribution in [2.24, 2.45) is 0 Å². The van der Waals surface area contributed by atoms with Crippen LogP contribution in [0.3, 0.4) is 0 Å². The van der Waals surface area contributed by atoms with Crippen LogP contribution in [0.4, 0.5) is 4.79 Å². The van der Waals surface area contributed by atoms with E-state index in [-0.39, 0.29) is 44.1 Å². The van der Waals surface area contributed by atoms with E-state index in [0.717, 1.165) is 36.0 Å². The van der Waals surface area contributed by atoms with Gasteiger partial charge in [-0.05, 0) is 101 Å². The van der Waals surface area contributed by atoms with Crippen molar-refractivity contribution < 1.29 is 58.1 Å². The molecule has 2 aromatic carbocycles. The largest absolute Gasteiger partial charge is 0.444 e. The monoisotopic (exact) mass is 1210 g/mol. The molecule has 6 rings (SSSR count). The third-order valence-electron chi connectivity index (χ3n) is 13.4. The normalized spacial score (nSPS) is 20.3. The Morgan fingerprint density at radius 3 is 1.49 bits per heavy atom. The molecule has 4 fully saturated rings. The SMILES string of the molecule is CCCC(NC(=O)[C@@H]1CC2(CN1)SCCCS2)C(O)C(=O)NCC(=O)N[C@H](C(C)=O)c1ccccc1.CCCC(NC(=O)[C@@H]1CC2(CN1C(=O)OC(C)(C)C)SCCCS2)C(O)C(=O)NCC(=O)N[C@H](C(C)=O)c1ccccc1.Cl. The zero-order valence-electron chi connectivity index (χ0n) is 46.7. The highest BCUT2D eigenvalue weighted by Crippen LogP contribution is 2.51. The van der Waals surface area contributed by atoms with Crippen molar-refractivity contribution in [1.82, 2.24) is 42.1 Å². The predicted octanol–water partition coefficient (Wildman–Crippen LogP) is 4.32. The van der Waals surface area contributed by atoms with Crippen LogP contribution in [0.2, 0.25) is 0 Å². The molecule has 4 saturated heterocycles. The lowest BCUT2D eigenvalue weighted by Crippen LogP contribution is -2.56. The average Bonchev–Trinajstić information content (AvgIpc) is 4.01. The van der Waals surface area contributed by atoms with Crippen molar-refractivity contribution in [3.05, 3.63) is 71.8 Å². The van der Waals surface area contributed by atoms with Crippen LogP contribution in [0.15, 0.2) is 60.7 Å². The number of likely N-dealkylation sites (tertiary alicyclic amines) is 1. The van der Waals surface area contributed by atoms with Crippen molar-refractivity contribution in [1.29, 1.82) is 0 Å². The Balaban J connectivity index is 0.000000345. The molecule has 2 spiro atoms. The van der Waals surface area contributed by atoms with Gasteiger partial charge in [0.15, 0.2) is 23.8 Å². The van der Waals surface area contributed by atoms with Crippen LogP contribution in [0.5, 0.6) is 0 Å². The van der Waals surface area contributed by atoms with Gasteiger partial charge in [0.05, 0.1) is 39.4 Å². The minimum atomic E-state index is -1.64. The smallest absolute Gasteiger partial charge is 0.411 e. The van der Waals surface area contributed by atoms with Crippen LogP contribution >= 0.6 is 59.5 Å². The van der Waals surface area contributed by atoms with E-state index >= 15 is 0 Å². The molecule has 4 aliphatic rings. The lowest BCUT2D eigenvalue weighted by molar-refractivity contribution is -0.135. The highest BCUT2D eigenvalue weighted by atomic mass is 35.5. The summed E-state index contributed by atoms with van der Waals surface area (Å²) < 4.78 is 5.31. The number of ether oxygens (including phenoxy) is 1. The number of halogens is 1. The summed E-state index contributed by atoms with van der Waals surface area (Å²) in [4.78, 5) is 116. The number of ketones is 2. The third kappa shape index (κ3) is 20.4. The van der Waals surface area contributed by atoms with Gasteiger partial charge in [-0.15, -0.1) is 59.5 Å². The van der Waals surface area contributed by atoms with Gasteiger partial charge in [0, 0.05) is 19.5 Å². The number of nitrogens with one attached hydrogen (secondary N) is 7. The fourth-order valence-electron chi connectivity index (χ4n) is 9.43. The van der Waals surface area contributed by atoms with Gasteiger partial charge in [0.2, 0.25) is 23.6 Å². The Morgan fingerprint density at radius 1 is 0.650 bits per heavy atom. The van der Waals surface area contributed by atoms with Crippen LogP contribution < -0.4 is 37.2 Å². The Labute approximate surface area is 493 Å². The van der Waals surface area contributed by atoms with E-state index in [9.17, 15) is 53.4 Å². The summed E-state index contributed by atoms with van der Waals surface area (Å²) in [5.41, 5.74) is 0.514. The van der Waals surface area contributed by atoms with Crippen LogP contribution in [0, 0.1) is 0 Å². The summed E-state index contributed by atoms with van der Waals surface area (Å²) in [6, 6.07) is 12.9. The molecule has 20 nitrogen and oxygen atoms in total. The number of carbonyl (C=O) groups is 9. The summed E-state index contributed by atoms with van der Waals surface area (Å²) in [5.74, 6) is 0.105. The second kappa shape index (κ2) is 32.3. The summed E-state index contributed by atoms with van der Waals surface area (Å²) in [5, 5.41) is 40.6. The highest BCUT2D eigenvalue weighted by Gasteiger charge is 2.52. The summed E-state index contributed by atoms with van der Waals surface area (Å²) in [6.07, 6.45) is 1.55. The minimum Gasteiger partial charge on any atom is -0.444 e. The molecule has 4 aliphatic heterocycles. The standard InChI is InChI=1S/C30H44N4O7S2.C25H36N4O5S2.ClH/c1-6-11-21(25(37)27(39)31-17-23(36)33-24(19(2)35)20-12-8-7-9-13-20)32-26(38)22-16-30(42-14-10-15-43-30)18-34(22)28(40)41-29(3,4)5;1-3-8-18(28-23(33)19-13-25(15-27-19)35-11-7-12-36-25)22(32)24(34)26-14-20(31)29-21(16(2)30)17-9-5-4-6-10-17;/h7-9,12-13,21-22,24-25,37H,6,10-11,14-18H2,1-5H3,(H,31,39)(H,32,38)(H,33,36);4-6,9-10,18-19,21-22,27,32H,3,7-8,11-15H2,1-2H3,(H,26,34)(H,28,33)(H,29,31);1H/t21?,22-,24+,25?;18?,19-,21+,22?;/m00./s1. The molecular weight excluding hydrogens is 1130 g/mol. The molecule has 0 bridgehead atoms. The molecule has 25 heteroatoms. The Bertz CT molecular complexity index is 2420. The molecule has 2 aromatic rings. The number of rotatable bonds is 22. The molecule has 9 N–H and O–H groups in total. The van der Waals surface area contributed by atoms with E-state index in [1.54, 1.807) is 98.9 Å². The van der Waals surface area contributed by atoms with Crippen molar-refractivity contribution >= 4 is 113 Å². The number of hydrogen-bond donors (Lipinski definition) is 9. The Kier molecular flexibility index (Phi) is 27.5.